The second-order valence-electron chi connectivity index (χ2n) is 9.08. The topological polar surface area (TPSA) is 102 Å². The standard InChI is InChI=1S/C25H37N3O4/c1-6-32-22(29)12-11-20(13-16(2)3)27-24(30)21-14-18-9-7-8-10-19(18)15-28(21)25(31)23(26)17(4)5/h7-12,16-17,20-21,23H,6,13-15,26H2,1-5H3,(H,27,30)/b12-11+/t20-,21+,23+/m1/s1. The summed E-state index contributed by atoms with van der Waals surface area (Å²) in [6.07, 6.45) is 4.10. The van der Waals surface area contributed by atoms with Gasteiger partial charge in [-0.05, 0) is 36.3 Å². The number of nitrogens with zero attached hydrogens (tertiary/aromatic N) is 1. The lowest BCUT2D eigenvalue weighted by atomic mass is 9.91. The maximum absolute atomic E-state index is 13.4. The molecule has 0 fully saturated rings. The Hall–Kier alpha value is -2.67. The van der Waals surface area contributed by atoms with Crippen molar-refractivity contribution in [3.05, 3.63) is 47.5 Å². The number of nitrogens with one attached hydrogen (secondary N) is 1. The van der Waals surface area contributed by atoms with E-state index in [2.05, 4.69) is 5.32 Å². The third-order valence-corrected chi connectivity index (χ3v) is 5.64. The van der Waals surface area contributed by atoms with Crippen molar-refractivity contribution >= 4 is 17.8 Å². The van der Waals surface area contributed by atoms with Gasteiger partial charge in [0.2, 0.25) is 11.8 Å². The second-order valence-corrected chi connectivity index (χ2v) is 9.08. The molecule has 1 aromatic rings. The molecule has 2 amide bonds. The molecule has 0 saturated carbocycles. The van der Waals surface area contributed by atoms with Crippen LogP contribution in [0.25, 0.3) is 0 Å². The summed E-state index contributed by atoms with van der Waals surface area (Å²) in [6, 6.07) is 6.16. The van der Waals surface area contributed by atoms with E-state index in [9.17, 15) is 14.4 Å². The zero-order valence-electron chi connectivity index (χ0n) is 19.8. The monoisotopic (exact) mass is 443 g/mol. The number of benzene rings is 1. The van der Waals surface area contributed by atoms with E-state index >= 15 is 0 Å². The first-order valence-corrected chi connectivity index (χ1v) is 11.4. The molecule has 176 valence electrons. The molecular formula is C25H37N3O4. The van der Waals surface area contributed by atoms with Gasteiger partial charge in [0.25, 0.3) is 0 Å². The molecule has 0 spiro atoms. The number of ether oxygens (including phenoxy) is 1. The number of amides is 2. The summed E-state index contributed by atoms with van der Waals surface area (Å²) in [7, 11) is 0. The minimum Gasteiger partial charge on any atom is -0.463 e. The average molecular weight is 444 g/mol. The van der Waals surface area contributed by atoms with Crippen molar-refractivity contribution in [2.24, 2.45) is 17.6 Å². The number of fused-ring (bicyclic) bond motifs is 1. The van der Waals surface area contributed by atoms with E-state index in [1.165, 1.54) is 6.08 Å². The number of carbonyl (C=O) groups excluding carboxylic acids is 3. The van der Waals surface area contributed by atoms with Crippen LogP contribution in [-0.2, 0) is 32.1 Å². The van der Waals surface area contributed by atoms with Crippen molar-refractivity contribution in [2.45, 2.75) is 72.1 Å². The van der Waals surface area contributed by atoms with E-state index in [0.29, 0.717) is 31.9 Å². The summed E-state index contributed by atoms with van der Waals surface area (Å²) in [4.78, 5) is 39.9. The number of carbonyl (C=O) groups is 3. The molecule has 7 nitrogen and oxygen atoms in total. The van der Waals surface area contributed by atoms with Crippen molar-refractivity contribution in [1.29, 1.82) is 0 Å². The van der Waals surface area contributed by atoms with Crippen molar-refractivity contribution in [3.63, 3.8) is 0 Å². The zero-order chi connectivity index (χ0) is 23.8. The highest BCUT2D eigenvalue weighted by Gasteiger charge is 2.37. The van der Waals surface area contributed by atoms with E-state index < -0.39 is 18.1 Å². The summed E-state index contributed by atoms with van der Waals surface area (Å²) in [5.74, 6) is -0.655. The van der Waals surface area contributed by atoms with Gasteiger partial charge in [-0.3, -0.25) is 9.59 Å². The molecule has 0 radical (unpaired) electrons. The molecule has 0 saturated heterocycles. The van der Waals surface area contributed by atoms with Gasteiger partial charge in [0.1, 0.15) is 6.04 Å². The fraction of sp³-hybridized carbons (Fsp3) is 0.560. The molecule has 1 aliphatic heterocycles. The fourth-order valence-electron chi connectivity index (χ4n) is 3.82. The summed E-state index contributed by atoms with van der Waals surface area (Å²) in [6.45, 7) is 10.3. The number of nitrogens with two attached hydrogens (primary N) is 1. The molecular weight excluding hydrogens is 406 g/mol. The first kappa shape index (κ1) is 25.6. The molecule has 1 heterocycles. The zero-order valence-corrected chi connectivity index (χ0v) is 19.8. The van der Waals surface area contributed by atoms with Crippen molar-refractivity contribution in [3.8, 4) is 0 Å². The molecule has 1 aliphatic rings. The molecule has 2 rings (SSSR count). The van der Waals surface area contributed by atoms with Crippen molar-refractivity contribution in [2.75, 3.05) is 6.61 Å². The number of hydrogen-bond donors (Lipinski definition) is 2. The van der Waals surface area contributed by atoms with Crippen LogP contribution in [0.1, 0.15) is 52.2 Å². The van der Waals surface area contributed by atoms with E-state index in [4.69, 9.17) is 10.5 Å². The normalized spacial score (nSPS) is 17.9. The predicted molar refractivity (Wildman–Crippen MR) is 124 cm³/mol. The third-order valence-electron chi connectivity index (χ3n) is 5.64. The van der Waals surface area contributed by atoms with Crippen LogP contribution in [0.4, 0.5) is 0 Å². The summed E-state index contributed by atoms with van der Waals surface area (Å²) in [5.41, 5.74) is 8.25. The van der Waals surface area contributed by atoms with Gasteiger partial charge in [0.05, 0.1) is 12.6 Å². The minimum atomic E-state index is -0.675. The first-order chi connectivity index (χ1) is 15.1. The number of esters is 1. The maximum atomic E-state index is 13.4. The predicted octanol–water partition coefficient (Wildman–Crippen LogP) is 2.57. The van der Waals surface area contributed by atoms with Gasteiger partial charge < -0.3 is 20.7 Å². The van der Waals surface area contributed by atoms with Crippen LogP contribution in [0, 0.1) is 11.8 Å². The van der Waals surface area contributed by atoms with Crippen LogP contribution in [0.3, 0.4) is 0 Å². The Kier molecular flexibility index (Phi) is 9.44. The van der Waals surface area contributed by atoms with Crippen molar-refractivity contribution in [1.82, 2.24) is 10.2 Å². The molecule has 7 heteroatoms. The lowest BCUT2D eigenvalue weighted by Gasteiger charge is -2.38. The molecule has 0 aromatic heterocycles. The first-order valence-electron chi connectivity index (χ1n) is 11.4. The highest BCUT2D eigenvalue weighted by Crippen LogP contribution is 2.25. The Morgan fingerprint density at radius 2 is 1.84 bits per heavy atom. The van der Waals surface area contributed by atoms with E-state index in [1.54, 1.807) is 17.9 Å². The minimum absolute atomic E-state index is 0.0374. The third kappa shape index (κ3) is 6.92. The summed E-state index contributed by atoms with van der Waals surface area (Å²) in [5, 5.41) is 3.03. The largest absolute Gasteiger partial charge is 0.463 e. The highest BCUT2D eigenvalue weighted by atomic mass is 16.5. The van der Waals surface area contributed by atoms with Gasteiger partial charge in [-0.2, -0.15) is 0 Å². The van der Waals surface area contributed by atoms with Gasteiger partial charge in [0.15, 0.2) is 0 Å². The molecule has 0 unspecified atom stereocenters. The van der Waals surface area contributed by atoms with Gasteiger partial charge in [0, 0.05) is 25.1 Å². The number of rotatable bonds is 9. The van der Waals surface area contributed by atoms with Crippen LogP contribution in [0.2, 0.25) is 0 Å². The van der Waals surface area contributed by atoms with Crippen LogP contribution in [0.5, 0.6) is 0 Å². The molecule has 3 N–H and O–H groups in total. The second kappa shape index (κ2) is 11.8. The Morgan fingerprint density at radius 3 is 2.44 bits per heavy atom. The van der Waals surface area contributed by atoms with Gasteiger partial charge in [-0.15, -0.1) is 0 Å². The average Bonchev–Trinajstić information content (AvgIpc) is 2.75. The highest BCUT2D eigenvalue weighted by molar-refractivity contribution is 5.91. The fourth-order valence-corrected chi connectivity index (χ4v) is 3.82. The maximum Gasteiger partial charge on any atom is 0.330 e. The lowest BCUT2D eigenvalue weighted by Crippen LogP contribution is -2.58. The van der Waals surface area contributed by atoms with Gasteiger partial charge in [-0.1, -0.05) is 58.0 Å². The van der Waals surface area contributed by atoms with Crippen LogP contribution in [-0.4, -0.2) is 47.4 Å². The molecule has 1 aromatic carbocycles. The van der Waals surface area contributed by atoms with E-state index in [1.807, 2.05) is 52.0 Å². The number of hydrogen-bond acceptors (Lipinski definition) is 5. The van der Waals surface area contributed by atoms with E-state index in [0.717, 1.165) is 11.1 Å². The molecule has 3 atom stereocenters. The van der Waals surface area contributed by atoms with Crippen LogP contribution in [0.15, 0.2) is 36.4 Å². The molecule has 32 heavy (non-hydrogen) atoms. The quantitative estimate of drug-likeness (QED) is 0.451. The lowest BCUT2D eigenvalue weighted by molar-refractivity contribution is -0.143. The van der Waals surface area contributed by atoms with Gasteiger partial charge in [-0.25, -0.2) is 4.79 Å². The van der Waals surface area contributed by atoms with E-state index in [-0.39, 0.29) is 23.8 Å². The Morgan fingerprint density at radius 1 is 1.19 bits per heavy atom. The SMILES string of the molecule is CCOC(=O)/C=C/[C@H](CC(C)C)NC(=O)[C@@H]1Cc2ccccc2CN1C(=O)[C@@H](N)C(C)C. The summed E-state index contributed by atoms with van der Waals surface area (Å²) < 4.78 is 4.95. The molecule has 0 bridgehead atoms. The van der Waals surface area contributed by atoms with Crippen LogP contribution < -0.4 is 11.1 Å². The van der Waals surface area contributed by atoms with Crippen molar-refractivity contribution < 1.29 is 19.1 Å². The van der Waals surface area contributed by atoms with Crippen LogP contribution >= 0.6 is 0 Å². The Balaban J connectivity index is 2.27. The Labute approximate surface area is 191 Å². The summed E-state index contributed by atoms with van der Waals surface area (Å²) >= 11 is 0. The molecule has 0 aliphatic carbocycles. The van der Waals surface area contributed by atoms with Gasteiger partial charge >= 0.3 is 5.97 Å². The Bertz CT molecular complexity index is 834. The smallest absolute Gasteiger partial charge is 0.330 e.